The molecule has 1 aliphatic rings. The van der Waals surface area contributed by atoms with Gasteiger partial charge in [0.15, 0.2) is 0 Å². The summed E-state index contributed by atoms with van der Waals surface area (Å²) >= 11 is 0. The van der Waals surface area contributed by atoms with Gasteiger partial charge in [-0.25, -0.2) is 0 Å². The van der Waals surface area contributed by atoms with E-state index in [0.717, 1.165) is 31.9 Å². The molecule has 0 saturated carbocycles. The van der Waals surface area contributed by atoms with Gasteiger partial charge in [0.25, 0.3) is 0 Å². The first-order valence-electron chi connectivity index (χ1n) is 8.62. The van der Waals surface area contributed by atoms with E-state index in [2.05, 4.69) is 15.1 Å². The van der Waals surface area contributed by atoms with Crippen LogP contribution < -0.4 is 5.32 Å². The Balaban J connectivity index is 1.64. The zero-order valence-corrected chi connectivity index (χ0v) is 14.6. The van der Waals surface area contributed by atoms with Crippen LogP contribution in [0.15, 0.2) is 30.3 Å². The van der Waals surface area contributed by atoms with E-state index in [-0.39, 0.29) is 12.0 Å². The molecule has 1 aliphatic heterocycles. The fourth-order valence-corrected chi connectivity index (χ4v) is 2.71. The van der Waals surface area contributed by atoms with Crippen LogP contribution in [-0.4, -0.2) is 78.9 Å². The fraction of sp³-hybridized carbons (Fsp3) is 0.611. The zero-order valence-electron chi connectivity index (χ0n) is 14.6. The molecule has 0 aromatic heterocycles. The monoisotopic (exact) mass is 335 g/mol. The number of ether oxygens (including phenoxy) is 1. The molecule has 1 saturated heterocycles. The summed E-state index contributed by atoms with van der Waals surface area (Å²) in [6.07, 6.45) is -0.319. The predicted octanol–water partition coefficient (Wildman–Crippen LogP) is 1.03. The van der Waals surface area contributed by atoms with E-state index < -0.39 is 6.10 Å². The topological polar surface area (TPSA) is 65.0 Å². The van der Waals surface area contributed by atoms with E-state index in [4.69, 9.17) is 4.74 Å². The summed E-state index contributed by atoms with van der Waals surface area (Å²) in [6, 6.07) is 9.51. The van der Waals surface area contributed by atoms with Crippen molar-refractivity contribution in [1.29, 1.82) is 0 Å². The maximum Gasteiger partial charge on any atom is 0.238 e. The molecule has 0 aliphatic carbocycles. The average Bonchev–Trinajstić information content (AvgIpc) is 2.55. The van der Waals surface area contributed by atoms with Crippen LogP contribution >= 0.6 is 0 Å². The number of hydrogen-bond donors (Lipinski definition) is 2. The highest BCUT2D eigenvalue weighted by atomic mass is 16.5. The SMILES string of the molecule is CC(C)OCC(O)CN1CCN(CC(=O)Nc2ccccc2)CC1. The number of aliphatic hydroxyl groups is 1. The molecule has 6 nitrogen and oxygen atoms in total. The van der Waals surface area contributed by atoms with Crippen molar-refractivity contribution in [2.75, 3.05) is 51.2 Å². The van der Waals surface area contributed by atoms with Crippen LogP contribution in [0.1, 0.15) is 13.8 Å². The van der Waals surface area contributed by atoms with Crippen molar-refractivity contribution in [1.82, 2.24) is 9.80 Å². The Kier molecular flexibility index (Phi) is 7.65. The first-order valence-corrected chi connectivity index (χ1v) is 8.62. The van der Waals surface area contributed by atoms with Gasteiger partial charge in [-0.1, -0.05) is 18.2 Å². The molecule has 1 aromatic rings. The molecule has 1 amide bonds. The second-order valence-electron chi connectivity index (χ2n) is 6.53. The van der Waals surface area contributed by atoms with Crippen molar-refractivity contribution < 1.29 is 14.6 Å². The Morgan fingerprint density at radius 3 is 2.42 bits per heavy atom. The Morgan fingerprint density at radius 2 is 1.79 bits per heavy atom. The highest BCUT2D eigenvalue weighted by Gasteiger charge is 2.21. The average molecular weight is 335 g/mol. The number of carbonyl (C=O) groups excluding carboxylic acids is 1. The van der Waals surface area contributed by atoms with Crippen LogP contribution in [0.2, 0.25) is 0 Å². The Bertz CT molecular complexity index is 488. The molecule has 1 atom stereocenters. The number of anilines is 1. The van der Waals surface area contributed by atoms with Crippen molar-refractivity contribution in [3.05, 3.63) is 30.3 Å². The third kappa shape index (κ3) is 6.97. The van der Waals surface area contributed by atoms with Crippen molar-refractivity contribution in [2.24, 2.45) is 0 Å². The van der Waals surface area contributed by atoms with Crippen molar-refractivity contribution in [3.63, 3.8) is 0 Å². The second kappa shape index (κ2) is 9.74. The minimum absolute atomic E-state index is 0.0139. The molecule has 1 unspecified atom stereocenters. The molecule has 134 valence electrons. The number of hydrogen-bond acceptors (Lipinski definition) is 5. The van der Waals surface area contributed by atoms with Gasteiger partial charge in [0.1, 0.15) is 0 Å². The summed E-state index contributed by atoms with van der Waals surface area (Å²) in [5.74, 6) is 0.0139. The van der Waals surface area contributed by atoms with Gasteiger partial charge in [-0.2, -0.15) is 0 Å². The van der Waals surface area contributed by atoms with E-state index in [9.17, 15) is 9.90 Å². The number of nitrogens with one attached hydrogen (secondary N) is 1. The second-order valence-corrected chi connectivity index (χ2v) is 6.53. The van der Waals surface area contributed by atoms with E-state index in [1.165, 1.54) is 0 Å². The summed E-state index contributed by atoms with van der Waals surface area (Å²) in [5.41, 5.74) is 0.828. The van der Waals surface area contributed by atoms with Gasteiger partial charge < -0.3 is 15.2 Å². The largest absolute Gasteiger partial charge is 0.389 e. The normalized spacial score (nSPS) is 17.8. The van der Waals surface area contributed by atoms with Crippen LogP contribution in [0.4, 0.5) is 5.69 Å². The van der Waals surface area contributed by atoms with Gasteiger partial charge in [-0.3, -0.25) is 14.6 Å². The van der Waals surface area contributed by atoms with E-state index in [1.807, 2.05) is 44.2 Å². The lowest BCUT2D eigenvalue weighted by Crippen LogP contribution is -2.50. The highest BCUT2D eigenvalue weighted by molar-refractivity contribution is 5.92. The molecule has 0 bridgehead atoms. The Labute approximate surface area is 144 Å². The number of amides is 1. The third-order valence-corrected chi connectivity index (χ3v) is 3.98. The van der Waals surface area contributed by atoms with Crippen LogP contribution in [-0.2, 0) is 9.53 Å². The van der Waals surface area contributed by atoms with Gasteiger partial charge in [0.05, 0.1) is 25.4 Å². The molecular formula is C18H29N3O3. The quantitative estimate of drug-likeness (QED) is 0.743. The summed E-state index contributed by atoms with van der Waals surface area (Å²) in [6.45, 7) is 8.71. The van der Waals surface area contributed by atoms with Crippen LogP contribution in [0.5, 0.6) is 0 Å². The number of nitrogens with zero attached hydrogens (tertiary/aromatic N) is 2. The molecular weight excluding hydrogens is 306 g/mol. The van der Waals surface area contributed by atoms with E-state index in [0.29, 0.717) is 19.7 Å². The number of β-amino-alcohol motifs (C(OH)–C–C–N with tert-alkyl or cyclic N) is 1. The maximum atomic E-state index is 12.1. The summed E-state index contributed by atoms with van der Waals surface area (Å²) in [4.78, 5) is 16.4. The zero-order chi connectivity index (χ0) is 17.4. The van der Waals surface area contributed by atoms with Crippen LogP contribution in [0, 0.1) is 0 Å². The number of benzene rings is 1. The smallest absolute Gasteiger partial charge is 0.238 e. The van der Waals surface area contributed by atoms with Gasteiger partial charge in [-0.05, 0) is 26.0 Å². The number of piperazine rings is 1. The molecule has 24 heavy (non-hydrogen) atoms. The lowest BCUT2D eigenvalue weighted by molar-refractivity contribution is -0.117. The summed E-state index contributed by atoms with van der Waals surface area (Å²) < 4.78 is 5.44. The Hall–Kier alpha value is -1.47. The molecule has 6 heteroatoms. The van der Waals surface area contributed by atoms with E-state index in [1.54, 1.807) is 0 Å². The third-order valence-electron chi connectivity index (χ3n) is 3.98. The maximum absolute atomic E-state index is 12.1. The van der Waals surface area contributed by atoms with Gasteiger partial charge in [0, 0.05) is 38.4 Å². The molecule has 1 fully saturated rings. The van der Waals surface area contributed by atoms with Crippen molar-refractivity contribution in [3.8, 4) is 0 Å². The number of carbonyl (C=O) groups is 1. The van der Waals surface area contributed by atoms with Crippen molar-refractivity contribution >= 4 is 11.6 Å². The van der Waals surface area contributed by atoms with Gasteiger partial charge in [-0.15, -0.1) is 0 Å². The van der Waals surface area contributed by atoms with Crippen LogP contribution in [0.3, 0.4) is 0 Å². The Morgan fingerprint density at radius 1 is 1.17 bits per heavy atom. The fourth-order valence-electron chi connectivity index (χ4n) is 2.71. The standard InChI is InChI=1S/C18H29N3O3/c1-15(2)24-14-17(22)12-20-8-10-21(11-9-20)13-18(23)19-16-6-4-3-5-7-16/h3-7,15,17,22H,8-14H2,1-2H3,(H,19,23). The number of aliphatic hydroxyl groups excluding tert-OH is 1. The lowest BCUT2D eigenvalue weighted by atomic mass is 10.2. The molecule has 2 N–H and O–H groups in total. The minimum Gasteiger partial charge on any atom is -0.389 e. The van der Waals surface area contributed by atoms with Gasteiger partial charge >= 0.3 is 0 Å². The lowest BCUT2D eigenvalue weighted by Gasteiger charge is -2.35. The highest BCUT2D eigenvalue weighted by Crippen LogP contribution is 2.07. The van der Waals surface area contributed by atoms with Crippen molar-refractivity contribution in [2.45, 2.75) is 26.1 Å². The molecule has 1 heterocycles. The number of para-hydroxylation sites is 1. The molecule has 2 rings (SSSR count). The van der Waals surface area contributed by atoms with Crippen LogP contribution in [0.25, 0.3) is 0 Å². The molecule has 1 aromatic carbocycles. The molecule has 0 radical (unpaired) electrons. The minimum atomic E-state index is -0.458. The first-order chi connectivity index (χ1) is 11.5. The molecule has 0 spiro atoms. The summed E-state index contributed by atoms with van der Waals surface area (Å²) in [5, 5.41) is 12.9. The number of rotatable bonds is 8. The van der Waals surface area contributed by atoms with E-state index >= 15 is 0 Å². The first kappa shape index (κ1) is 18.9. The summed E-state index contributed by atoms with van der Waals surface area (Å²) in [7, 11) is 0. The predicted molar refractivity (Wildman–Crippen MR) is 95.0 cm³/mol. The van der Waals surface area contributed by atoms with Gasteiger partial charge in [0.2, 0.25) is 5.91 Å².